The predicted molar refractivity (Wildman–Crippen MR) is 38.5 cm³/mol. The van der Waals surface area contributed by atoms with E-state index < -0.39 is 0 Å². The van der Waals surface area contributed by atoms with Gasteiger partial charge in [0.2, 0.25) is 0 Å². The summed E-state index contributed by atoms with van der Waals surface area (Å²) in [7, 11) is 2.49. The average Bonchev–Trinajstić information content (AvgIpc) is 1.90. The minimum atomic E-state index is 0.962. The third-order valence-electron chi connectivity index (χ3n) is 2.05. The molecule has 8 heavy (non-hydrogen) atoms. The molecule has 0 spiro atoms. The van der Waals surface area contributed by atoms with Gasteiger partial charge in [-0.05, 0) is 0 Å². The minimum Gasteiger partial charge on any atom is -0.0800 e. The van der Waals surface area contributed by atoms with Crippen molar-refractivity contribution in [2.75, 3.05) is 0 Å². The molecule has 1 aliphatic heterocycles. The van der Waals surface area contributed by atoms with E-state index in [0.29, 0.717) is 0 Å². The summed E-state index contributed by atoms with van der Waals surface area (Å²) in [5, 5.41) is 0. The van der Waals surface area contributed by atoms with E-state index in [1.54, 1.807) is 0 Å². The van der Waals surface area contributed by atoms with Crippen LogP contribution in [0, 0.1) is 0 Å². The highest BCUT2D eigenvalue weighted by Gasteiger charge is 2.11. The van der Waals surface area contributed by atoms with Gasteiger partial charge in [-0.25, -0.2) is 0 Å². The zero-order valence-electron chi connectivity index (χ0n) is 5.69. The largest absolute Gasteiger partial charge is 0.113 e. The molecule has 0 aromatic carbocycles. The van der Waals surface area contributed by atoms with Gasteiger partial charge in [0.05, 0.1) is 0 Å². The van der Waals surface area contributed by atoms with Crippen molar-refractivity contribution in [2.45, 2.75) is 44.7 Å². The first-order valence-corrected chi connectivity index (χ1v) is 3.77. The molecule has 1 saturated heterocycles. The first-order valence-electron chi connectivity index (χ1n) is 3.77. The van der Waals surface area contributed by atoms with Crippen molar-refractivity contribution in [2.24, 2.45) is 0 Å². The van der Waals surface area contributed by atoms with E-state index >= 15 is 0 Å². The second-order valence-corrected chi connectivity index (χ2v) is 2.69. The second kappa shape index (κ2) is 3.16. The third-order valence-corrected chi connectivity index (χ3v) is 2.05. The van der Waals surface area contributed by atoms with E-state index in [0.717, 1.165) is 5.82 Å². The van der Waals surface area contributed by atoms with Crippen molar-refractivity contribution < 1.29 is 0 Å². The fourth-order valence-corrected chi connectivity index (χ4v) is 1.39. The molecule has 1 radical (unpaired) electrons. The molecule has 45 valence electrons. The zero-order valence-corrected chi connectivity index (χ0v) is 5.69. The molecular weight excluding hydrogens is 94.9 g/mol. The highest BCUT2D eigenvalue weighted by atomic mass is 14.0. The van der Waals surface area contributed by atoms with Gasteiger partial charge >= 0.3 is 0 Å². The first-order chi connectivity index (χ1) is 3.93. The highest BCUT2D eigenvalue weighted by Crippen LogP contribution is 2.24. The first kappa shape index (κ1) is 6.19. The molecule has 0 N–H and O–H groups in total. The zero-order chi connectivity index (χ0) is 5.82. The van der Waals surface area contributed by atoms with Crippen molar-refractivity contribution in [3.05, 3.63) is 0 Å². The summed E-state index contributed by atoms with van der Waals surface area (Å²) >= 11 is 0. The molecule has 0 nitrogen and oxygen atoms in total. The van der Waals surface area contributed by atoms with E-state index in [1.165, 1.54) is 32.0 Å². The van der Waals surface area contributed by atoms with Gasteiger partial charge in [0, 0.05) is 0 Å². The molecule has 0 aliphatic carbocycles. The summed E-state index contributed by atoms with van der Waals surface area (Å²) in [4.78, 5) is 0. The average molecular weight is 109 g/mol. The van der Waals surface area contributed by atoms with Crippen LogP contribution < -0.4 is 0 Å². The number of rotatable bonds is 1. The van der Waals surface area contributed by atoms with Gasteiger partial charge in [-0.2, -0.15) is 0 Å². The third kappa shape index (κ3) is 1.54. The molecule has 0 saturated carbocycles. The van der Waals surface area contributed by atoms with Crippen LogP contribution >= 0.6 is 0 Å². The lowest BCUT2D eigenvalue weighted by atomic mass is 9.55. The molecule has 1 fully saturated rings. The molecule has 1 rings (SSSR count). The summed E-state index contributed by atoms with van der Waals surface area (Å²) in [6.45, 7) is 2.28. The quantitative estimate of drug-likeness (QED) is 0.453. The van der Waals surface area contributed by atoms with Crippen LogP contribution in [0.15, 0.2) is 0 Å². The van der Waals surface area contributed by atoms with E-state index in [4.69, 9.17) is 0 Å². The molecular formula is C7H14B. The topological polar surface area (TPSA) is 0 Å². The van der Waals surface area contributed by atoms with Crippen molar-refractivity contribution in [3.63, 3.8) is 0 Å². The van der Waals surface area contributed by atoms with Crippen molar-refractivity contribution >= 4 is 7.28 Å². The maximum atomic E-state index is 2.49. The van der Waals surface area contributed by atoms with Crippen LogP contribution in [-0.2, 0) is 0 Å². The van der Waals surface area contributed by atoms with Crippen LogP contribution in [0.25, 0.3) is 0 Å². The SMILES string of the molecule is CCC1[B]CCCC1. The van der Waals surface area contributed by atoms with E-state index in [-0.39, 0.29) is 0 Å². The van der Waals surface area contributed by atoms with Crippen LogP contribution in [-0.4, -0.2) is 7.28 Å². The van der Waals surface area contributed by atoms with Crippen LogP contribution in [0.3, 0.4) is 0 Å². The Labute approximate surface area is 52.9 Å². The van der Waals surface area contributed by atoms with Gasteiger partial charge in [0.1, 0.15) is 7.28 Å². The standard InChI is InChI=1S/C7H14B/c1-2-7-5-3-4-6-8-7/h7H,2-6H2,1H3. The fourth-order valence-electron chi connectivity index (χ4n) is 1.39. The normalized spacial score (nSPS) is 29.4. The van der Waals surface area contributed by atoms with E-state index in [9.17, 15) is 0 Å². The fraction of sp³-hybridized carbons (Fsp3) is 1.00. The second-order valence-electron chi connectivity index (χ2n) is 2.69. The Morgan fingerprint density at radius 2 is 2.38 bits per heavy atom. The van der Waals surface area contributed by atoms with Crippen LogP contribution in [0.5, 0.6) is 0 Å². The lowest BCUT2D eigenvalue weighted by molar-refractivity contribution is 0.616. The molecule has 0 bridgehead atoms. The molecule has 1 aliphatic rings. The Kier molecular flexibility index (Phi) is 2.45. The van der Waals surface area contributed by atoms with Crippen molar-refractivity contribution in [3.8, 4) is 0 Å². The van der Waals surface area contributed by atoms with Gasteiger partial charge in [0.15, 0.2) is 0 Å². The smallest absolute Gasteiger partial charge is 0.0800 e. The molecule has 1 heterocycles. The van der Waals surface area contributed by atoms with Gasteiger partial charge in [-0.15, -0.1) is 0 Å². The summed E-state index contributed by atoms with van der Waals surface area (Å²) in [6.07, 6.45) is 7.10. The Balaban J connectivity index is 2.13. The van der Waals surface area contributed by atoms with Gasteiger partial charge in [0.25, 0.3) is 0 Å². The van der Waals surface area contributed by atoms with Gasteiger partial charge < -0.3 is 0 Å². The Morgan fingerprint density at radius 3 is 2.75 bits per heavy atom. The molecule has 0 aromatic heterocycles. The monoisotopic (exact) mass is 109 g/mol. The lowest BCUT2D eigenvalue weighted by Gasteiger charge is -2.17. The van der Waals surface area contributed by atoms with Crippen LogP contribution in [0.2, 0.25) is 12.1 Å². The van der Waals surface area contributed by atoms with Crippen LogP contribution in [0.4, 0.5) is 0 Å². The predicted octanol–water partition coefficient (Wildman–Crippen LogP) is 2.49. The maximum absolute atomic E-state index is 2.49. The molecule has 1 heteroatoms. The Bertz CT molecular complexity index is 55.4. The number of hydrogen-bond donors (Lipinski definition) is 0. The van der Waals surface area contributed by atoms with Gasteiger partial charge in [-0.1, -0.05) is 44.7 Å². The Hall–Kier alpha value is 0.0649. The summed E-state index contributed by atoms with van der Waals surface area (Å²) in [5.74, 6) is 0.962. The summed E-state index contributed by atoms with van der Waals surface area (Å²) < 4.78 is 0. The molecule has 1 atom stereocenters. The van der Waals surface area contributed by atoms with E-state index in [1.807, 2.05) is 0 Å². The molecule has 0 aromatic rings. The van der Waals surface area contributed by atoms with Crippen molar-refractivity contribution in [1.29, 1.82) is 0 Å². The van der Waals surface area contributed by atoms with Crippen molar-refractivity contribution in [1.82, 2.24) is 0 Å². The van der Waals surface area contributed by atoms with Crippen LogP contribution in [0.1, 0.15) is 32.6 Å². The summed E-state index contributed by atoms with van der Waals surface area (Å²) in [5.41, 5.74) is 0. The number of hydrogen-bond acceptors (Lipinski definition) is 0. The lowest BCUT2D eigenvalue weighted by Crippen LogP contribution is -2.07. The molecule has 0 amide bonds. The summed E-state index contributed by atoms with van der Waals surface area (Å²) in [6, 6.07) is 0. The molecule has 1 unspecified atom stereocenters. The maximum Gasteiger partial charge on any atom is 0.113 e. The highest BCUT2D eigenvalue weighted by molar-refractivity contribution is 6.37. The minimum absolute atomic E-state index is 0.962. The Morgan fingerprint density at radius 1 is 1.50 bits per heavy atom. The van der Waals surface area contributed by atoms with Gasteiger partial charge in [-0.3, -0.25) is 0 Å². The van der Waals surface area contributed by atoms with E-state index in [2.05, 4.69) is 14.2 Å².